The van der Waals surface area contributed by atoms with Crippen LogP contribution in [0.25, 0.3) is 0 Å². The molecule has 7 heteroatoms. The summed E-state index contributed by atoms with van der Waals surface area (Å²) in [5.74, 6) is -0.528. The first-order valence-electron chi connectivity index (χ1n) is 4.03. The van der Waals surface area contributed by atoms with E-state index in [0.717, 1.165) is 17.5 Å². The summed E-state index contributed by atoms with van der Waals surface area (Å²) in [5.41, 5.74) is 0. The van der Waals surface area contributed by atoms with Crippen LogP contribution in [0.4, 0.5) is 13.2 Å². The van der Waals surface area contributed by atoms with Crippen LogP contribution in [0.3, 0.4) is 0 Å². The molecule has 0 N–H and O–H groups in total. The van der Waals surface area contributed by atoms with Gasteiger partial charge in [0.2, 0.25) is 6.19 Å². The Kier molecular flexibility index (Phi) is 8.33. The normalized spacial score (nSPS) is 11.0. The van der Waals surface area contributed by atoms with Crippen molar-refractivity contribution >= 4 is 27.9 Å². The van der Waals surface area contributed by atoms with Gasteiger partial charge in [-0.2, -0.15) is 19.0 Å². The van der Waals surface area contributed by atoms with E-state index < -0.39 is 11.9 Å². The van der Waals surface area contributed by atoms with E-state index in [1.54, 1.807) is 6.19 Å². The maximum atomic E-state index is 12.4. The first-order valence-corrected chi connectivity index (χ1v) is 6.01. The molecule has 0 amide bonds. The Morgan fingerprint density at radius 1 is 1.33 bits per heavy atom. The van der Waals surface area contributed by atoms with Crippen molar-refractivity contribution in [1.29, 1.82) is 5.26 Å². The van der Waals surface area contributed by atoms with Crippen molar-refractivity contribution in [3.05, 3.63) is 11.9 Å². The summed E-state index contributed by atoms with van der Waals surface area (Å²) >= 11 is 2.42. The molecule has 0 spiro atoms. The molecule has 0 aliphatic rings. The van der Waals surface area contributed by atoms with Crippen LogP contribution >= 0.6 is 23.5 Å². The molecule has 84 valence electrons. The largest absolute Gasteiger partial charge is 0.301 e. The Bertz CT molecular complexity index is 293. The van der Waals surface area contributed by atoms with E-state index in [9.17, 15) is 13.2 Å². The number of hydrogen-bond acceptors (Lipinski definition) is 4. The average molecular weight is 254 g/mol. The molecule has 0 aromatic carbocycles. The van der Waals surface area contributed by atoms with Gasteiger partial charge in [0.15, 0.2) is 5.83 Å². The van der Waals surface area contributed by atoms with E-state index in [1.165, 1.54) is 11.8 Å². The van der Waals surface area contributed by atoms with Crippen molar-refractivity contribution in [3.8, 4) is 6.19 Å². The molecule has 0 aliphatic heterocycles. The third kappa shape index (κ3) is 7.33. The first-order chi connectivity index (χ1) is 7.11. The number of rotatable bonds is 4. The molecule has 0 aromatic heterocycles. The lowest BCUT2D eigenvalue weighted by Gasteiger charge is -2.00. The minimum Gasteiger partial charge on any atom is -0.206 e. The molecule has 0 unspecified atom stereocenters. The number of nitriles is 1. The molecule has 0 heterocycles. The van der Waals surface area contributed by atoms with Gasteiger partial charge in [0.05, 0.1) is 0 Å². The van der Waals surface area contributed by atoms with Crippen molar-refractivity contribution in [3.63, 3.8) is 0 Å². The minimum absolute atomic E-state index is 0.149. The Hall–Kier alpha value is -0.610. The zero-order valence-corrected chi connectivity index (χ0v) is 9.60. The second kappa shape index (κ2) is 8.68. The first kappa shape index (κ1) is 14.4. The van der Waals surface area contributed by atoms with Gasteiger partial charge in [0.25, 0.3) is 0 Å². The standard InChI is InChI=1S/C8H9F3N2S2/c1-2-14-8(13-5-12)15-4-3-6(9)7(10)11/h2-4H2,1H3. The zero-order chi connectivity index (χ0) is 11.7. The molecule has 0 rings (SSSR count). The van der Waals surface area contributed by atoms with Gasteiger partial charge in [0.1, 0.15) is 4.38 Å². The van der Waals surface area contributed by atoms with E-state index in [2.05, 4.69) is 4.99 Å². The van der Waals surface area contributed by atoms with Crippen LogP contribution in [0.1, 0.15) is 13.3 Å². The molecule has 2 nitrogen and oxygen atoms in total. The van der Waals surface area contributed by atoms with E-state index in [4.69, 9.17) is 5.26 Å². The average Bonchev–Trinajstić information content (AvgIpc) is 2.18. The van der Waals surface area contributed by atoms with Crippen molar-refractivity contribution in [2.75, 3.05) is 11.5 Å². The molecule has 0 bridgehead atoms. The maximum absolute atomic E-state index is 12.4. The fraction of sp³-hybridized carbons (Fsp3) is 0.500. The highest BCUT2D eigenvalue weighted by molar-refractivity contribution is 8.38. The monoisotopic (exact) mass is 254 g/mol. The molecular weight excluding hydrogens is 245 g/mol. The van der Waals surface area contributed by atoms with Gasteiger partial charge in [-0.3, -0.25) is 0 Å². The number of aliphatic imine (C=N–C) groups is 1. The Balaban J connectivity index is 3.98. The van der Waals surface area contributed by atoms with Gasteiger partial charge in [0, 0.05) is 12.2 Å². The van der Waals surface area contributed by atoms with Crippen molar-refractivity contribution in [1.82, 2.24) is 0 Å². The lowest BCUT2D eigenvalue weighted by molar-refractivity contribution is 0.373. The van der Waals surface area contributed by atoms with Gasteiger partial charge in [-0.25, -0.2) is 4.39 Å². The molecular formula is C8H9F3N2S2. The Morgan fingerprint density at radius 3 is 2.47 bits per heavy atom. The summed E-state index contributed by atoms with van der Waals surface area (Å²) in [5, 5.41) is 8.29. The Labute approximate surface area is 94.6 Å². The summed E-state index contributed by atoms with van der Waals surface area (Å²) in [6, 6.07) is 0. The lowest BCUT2D eigenvalue weighted by Crippen LogP contribution is -1.90. The molecule has 0 saturated heterocycles. The number of allylic oxidation sites excluding steroid dienone is 1. The molecule has 0 saturated carbocycles. The molecule has 0 radical (unpaired) electrons. The maximum Gasteiger partial charge on any atom is 0.301 e. The van der Waals surface area contributed by atoms with E-state index in [1.807, 2.05) is 6.92 Å². The van der Waals surface area contributed by atoms with E-state index in [-0.39, 0.29) is 12.2 Å². The van der Waals surface area contributed by atoms with Gasteiger partial charge >= 0.3 is 6.08 Å². The SMILES string of the molecule is CCSC(=NC#N)SCCC(F)=C(F)F. The van der Waals surface area contributed by atoms with E-state index in [0.29, 0.717) is 4.38 Å². The highest BCUT2D eigenvalue weighted by Gasteiger charge is 2.06. The molecule has 0 aromatic rings. The van der Waals surface area contributed by atoms with Crippen molar-refractivity contribution in [2.24, 2.45) is 4.99 Å². The summed E-state index contributed by atoms with van der Waals surface area (Å²) in [7, 11) is 0. The topological polar surface area (TPSA) is 36.1 Å². The summed E-state index contributed by atoms with van der Waals surface area (Å²) in [6.07, 6.45) is -1.02. The predicted molar refractivity (Wildman–Crippen MR) is 58.6 cm³/mol. The number of thioether (sulfide) groups is 2. The van der Waals surface area contributed by atoms with Crippen LogP contribution in [0, 0.1) is 11.5 Å². The van der Waals surface area contributed by atoms with Crippen LogP contribution in [-0.2, 0) is 0 Å². The zero-order valence-electron chi connectivity index (χ0n) is 7.97. The van der Waals surface area contributed by atoms with Crippen molar-refractivity contribution < 1.29 is 13.2 Å². The fourth-order valence-electron chi connectivity index (χ4n) is 0.593. The Morgan fingerprint density at radius 2 is 2.00 bits per heavy atom. The van der Waals surface area contributed by atoms with Crippen LogP contribution in [-0.4, -0.2) is 15.9 Å². The summed E-state index contributed by atoms with van der Waals surface area (Å²) in [6.45, 7) is 1.87. The highest BCUT2D eigenvalue weighted by atomic mass is 32.2. The number of hydrogen-bond donors (Lipinski definition) is 0. The quantitative estimate of drug-likeness (QED) is 0.435. The van der Waals surface area contributed by atoms with E-state index >= 15 is 0 Å². The smallest absolute Gasteiger partial charge is 0.206 e. The second-order valence-corrected chi connectivity index (χ2v) is 4.77. The van der Waals surface area contributed by atoms with Crippen LogP contribution in [0.5, 0.6) is 0 Å². The number of halogens is 3. The second-order valence-electron chi connectivity index (χ2n) is 2.17. The highest BCUT2D eigenvalue weighted by Crippen LogP contribution is 2.21. The number of nitrogens with zero attached hydrogens (tertiary/aromatic N) is 2. The summed E-state index contributed by atoms with van der Waals surface area (Å²) < 4.78 is 36.1. The third-order valence-electron chi connectivity index (χ3n) is 1.16. The molecule has 0 fully saturated rings. The fourth-order valence-corrected chi connectivity index (χ4v) is 2.44. The van der Waals surface area contributed by atoms with Gasteiger partial charge < -0.3 is 0 Å². The van der Waals surface area contributed by atoms with Crippen LogP contribution in [0.15, 0.2) is 16.9 Å². The molecule has 0 aliphatic carbocycles. The van der Waals surface area contributed by atoms with Crippen LogP contribution < -0.4 is 0 Å². The minimum atomic E-state index is -2.28. The van der Waals surface area contributed by atoms with Gasteiger partial charge in [-0.15, -0.1) is 0 Å². The van der Waals surface area contributed by atoms with Crippen molar-refractivity contribution in [2.45, 2.75) is 13.3 Å². The summed E-state index contributed by atoms with van der Waals surface area (Å²) in [4.78, 5) is 3.48. The van der Waals surface area contributed by atoms with Gasteiger partial charge in [-0.1, -0.05) is 30.4 Å². The lowest BCUT2D eigenvalue weighted by atomic mass is 10.4. The third-order valence-corrected chi connectivity index (χ3v) is 3.24. The molecule has 15 heavy (non-hydrogen) atoms. The predicted octanol–water partition coefficient (Wildman–Crippen LogP) is 3.78. The van der Waals surface area contributed by atoms with Crippen LogP contribution in [0.2, 0.25) is 0 Å². The molecule has 0 atom stereocenters. The van der Waals surface area contributed by atoms with Gasteiger partial charge in [-0.05, 0) is 5.75 Å².